The number of para-hydroxylation sites is 1. The van der Waals surface area contributed by atoms with E-state index in [9.17, 15) is 4.79 Å². The number of amides is 1. The maximum absolute atomic E-state index is 12.5. The normalized spacial score (nSPS) is 10.7. The van der Waals surface area contributed by atoms with Gasteiger partial charge in [-0.3, -0.25) is 10.1 Å². The largest absolute Gasteiger partial charge is 0.399 e. The summed E-state index contributed by atoms with van der Waals surface area (Å²) in [5.41, 5.74) is 2.01. The average molecular weight is 485 g/mol. The Kier molecular flexibility index (Phi) is 6.38. The van der Waals surface area contributed by atoms with E-state index in [0.29, 0.717) is 27.5 Å². The number of hydrogen-bond donors (Lipinski definition) is 2. The molecule has 0 aliphatic heterocycles. The molecule has 0 saturated heterocycles. The molecule has 12 heteroatoms. The minimum atomic E-state index is -0.599. The van der Waals surface area contributed by atoms with Crippen molar-refractivity contribution in [3.8, 4) is 11.4 Å². The van der Waals surface area contributed by atoms with E-state index in [1.54, 1.807) is 55.4 Å². The number of anilines is 4. The van der Waals surface area contributed by atoms with E-state index in [1.165, 1.54) is 0 Å². The minimum Gasteiger partial charge on any atom is -0.399 e. The quantitative estimate of drug-likeness (QED) is 0.404. The summed E-state index contributed by atoms with van der Waals surface area (Å²) in [6.45, 7) is 1.82. The van der Waals surface area contributed by atoms with Crippen molar-refractivity contribution in [3.63, 3.8) is 0 Å². The Labute approximate surface area is 199 Å². The zero-order valence-electron chi connectivity index (χ0n) is 17.8. The number of aromatic nitrogens is 5. The summed E-state index contributed by atoms with van der Waals surface area (Å²) in [5, 5.41) is 14.1. The molecule has 168 valence electrons. The van der Waals surface area contributed by atoms with Crippen LogP contribution in [0, 0.1) is 6.92 Å². The smallest absolute Gasteiger partial charge is 0.322 e. The average Bonchev–Trinajstić information content (AvgIpc) is 3.25. The van der Waals surface area contributed by atoms with Crippen LogP contribution in [0.2, 0.25) is 10.0 Å². The summed E-state index contributed by atoms with van der Waals surface area (Å²) in [5.74, 6) is 0.134. The number of hydrogen-bond acceptors (Lipinski definition) is 9. The van der Waals surface area contributed by atoms with Crippen LogP contribution in [0.25, 0.3) is 11.4 Å². The first-order valence-corrected chi connectivity index (χ1v) is 10.4. The van der Waals surface area contributed by atoms with E-state index in [0.717, 1.165) is 11.1 Å². The van der Waals surface area contributed by atoms with Gasteiger partial charge >= 0.3 is 17.8 Å². The van der Waals surface area contributed by atoms with Gasteiger partial charge in [0.1, 0.15) is 0 Å². The lowest BCUT2D eigenvalue weighted by Crippen LogP contribution is -2.15. The molecule has 4 aromatic rings. The zero-order chi connectivity index (χ0) is 23.5. The van der Waals surface area contributed by atoms with Gasteiger partial charge in [-0.15, -0.1) is 5.10 Å². The van der Waals surface area contributed by atoms with Crippen LogP contribution >= 0.6 is 23.2 Å². The molecule has 0 bridgehead atoms. The molecule has 2 aromatic heterocycles. The van der Waals surface area contributed by atoms with Crippen molar-refractivity contribution in [2.24, 2.45) is 0 Å². The van der Waals surface area contributed by atoms with Crippen LogP contribution in [0.5, 0.6) is 0 Å². The molecule has 0 aliphatic carbocycles. The summed E-state index contributed by atoms with van der Waals surface area (Å²) in [4.78, 5) is 27.5. The highest BCUT2D eigenvalue weighted by Crippen LogP contribution is 2.26. The third-order valence-electron chi connectivity index (χ3n) is 4.42. The van der Waals surface area contributed by atoms with Crippen LogP contribution < -0.4 is 15.5 Å². The Morgan fingerprint density at radius 2 is 1.76 bits per heavy atom. The Morgan fingerprint density at radius 1 is 1.00 bits per heavy atom. The minimum absolute atomic E-state index is 0.0611. The maximum Gasteiger partial charge on any atom is 0.322 e. The van der Waals surface area contributed by atoms with Crippen molar-refractivity contribution in [2.45, 2.75) is 6.92 Å². The first-order valence-electron chi connectivity index (χ1n) is 9.66. The second kappa shape index (κ2) is 9.39. The van der Waals surface area contributed by atoms with Gasteiger partial charge in [0.05, 0.1) is 10.7 Å². The molecule has 4 rings (SSSR count). The van der Waals surface area contributed by atoms with E-state index in [1.807, 2.05) is 13.0 Å². The molecular formula is C21H18Cl2N8O2. The summed E-state index contributed by atoms with van der Waals surface area (Å²) in [6, 6.07) is 12.3. The third kappa shape index (κ3) is 5.18. The highest BCUT2D eigenvalue weighted by atomic mass is 35.5. The van der Waals surface area contributed by atoms with Crippen molar-refractivity contribution < 1.29 is 9.21 Å². The van der Waals surface area contributed by atoms with E-state index in [2.05, 4.69) is 35.8 Å². The van der Waals surface area contributed by atoms with Gasteiger partial charge < -0.3 is 14.6 Å². The number of carbonyl (C=O) groups is 1. The number of nitrogens with zero attached hydrogens (tertiary/aromatic N) is 6. The zero-order valence-corrected chi connectivity index (χ0v) is 19.3. The second-order valence-electron chi connectivity index (χ2n) is 7.11. The lowest BCUT2D eigenvalue weighted by atomic mass is 10.2. The van der Waals surface area contributed by atoms with Gasteiger partial charge in [-0.1, -0.05) is 40.4 Å². The fourth-order valence-electron chi connectivity index (χ4n) is 2.77. The molecule has 0 fully saturated rings. The monoisotopic (exact) mass is 484 g/mol. The molecule has 2 aromatic carbocycles. The van der Waals surface area contributed by atoms with Gasteiger partial charge in [0.2, 0.25) is 11.9 Å². The molecule has 2 N–H and O–H groups in total. The summed E-state index contributed by atoms with van der Waals surface area (Å²) in [7, 11) is 3.60. The Morgan fingerprint density at radius 3 is 2.45 bits per heavy atom. The van der Waals surface area contributed by atoms with Crippen molar-refractivity contribution in [3.05, 3.63) is 64.0 Å². The molecular weight excluding hydrogens is 467 g/mol. The van der Waals surface area contributed by atoms with Gasteiger partial charge in [-0.25, -0.2) is 0 Å². The Hall–Kier alpha value is -3.76. The predicted octanol–water partition coefficient (Wildman–Crippen LogP) is 4.60. The Balaban J connectivity index is 1.57. The van der Waals surface area contributed by atoms with E-state index >= 15 is 0 Å². The van der Waals surface area contributed by atoms with Crippen LogP contribution in [0.4, 0.5) is 23.6 Å². The first kappa shape index (κ1) is 22.4. The SMILES string of the molecule is Cc1cccc(Cl)c1NC(=O)c1nnc(Nc2nc(-c3ccc(Cl)cc3)nc(N(C)C)n2)o1. The van der Waals surface area contributed by atoms with Gasteiger partial charge in [0.25, 0.3) is 0 Å². The van der Waals surface area contributed by atoms with Crippen molar-refractivity contribution in [2.75, 3.05) is 29.6 Å². The topological polar surface area (TPSA) is 122 Å². The number of halogens is 2. The van der Waals surface area contributed by atoms with Gasteiger partial charge in [0, 0.05) is 24.7 Å². The molecule has 0 spiro atoms. The molecule has 0 saturated carbocycles. The molecule has 0 aliphatic rings. The summed E-state index contributed by atoms with van der Waals surface area (Å²) < 4.78 is 5.44. The Bertz CT molecular complexity index is 1290. The van der Waals surface area contributed by atoms with Gasteiger partial charge in [0.15, 0.2) is 5.82 Å². The number of carbonyl (C=O) groups excluding carboxylic acids is 1. The van der Waals surface area contributed by atoms with Crippen molar-refractivity contribution >= 4 is 52.7 Å². The molecule has 0 unspecified atom stereocenters. The first-order chi connectivity index (χ1) is 15.8. The molecule has 2 heterocycles. The van der Waals surface area contributed by atoms with E-state index in [-0.39, 0.29) is 17.9 Å². The number of benzene rings is 2. The highest BCUT2D eigenvalue weighted by molar-refractivity contribution is 6.34. The van der Waals surface area contributed by atoms with Gasteiger partial charge in [-0.05, 0) is 42.8 Å². The van der Waals surface area contributed by atoms with Gasteiger partial charge in [-0.2, -0.15) is 15.0 Å². The molecule has 10 nitrogen and oxygen atoms in total. The number of nitrogens with one attached hydrogen (secondary N) is 2. The lowest BCUT2D eigenvalue weighted by Gasteiger charge is -2.12. The summed E-state index contributed by atoms with van der Waals surface area (Å²) in [6.07, 6.45) is 0. The molecule has 1 amide bonds. The number of rotatable bonds is 6. The van der Waals surface area contributed by atoms with Crippen LogP contribution in [0.15, 0.2) is 46.9 Å². The van der Waals surface area contributed by atoms with Crippen LogP contribution in [0.1, 0.15) is 16.2 Å². The van der Waals surface area contributed by atoms with Crippen LogP contribution in [-0.2, 0) is 0 Å². The lowest BCUT2D eigenvalue weighted by molar-refractivity contribution is 0.0991. The highest BCUT2D eigenvalue weighted by Gasteiger charge is 2.19. The number of aryl methyl sites for hydroxylation is 1. The second-order valence-corrected chi connectivity index (χ2v) is 7.95. The molecule has 0 radical (unpaired) electrons. The molecule has 0 atom stereocenters. The van der Waals surface area contributed by atoms with E-state index in [4.69, 9.17) is 27.6 Å². The maximum atomic E-state index is 12.5. The predicted molar refractivity (Wildman–Crippen MR) is 126 cm³/mol. The van der Waals surface area contributed by atoms with Crippen LogP contribution in [0.3, 0.4) is 0 Å². The van der Waals surface area contributed by atoms with Crippen molar-refractivity contribution in [1.29, 1.82) is 0 Å². The standard InChI is InChI=1S/C21H18Cl2N8O2/c1-11-5-4-6-14(23)15(11)24-17(32)18-29-30-21(33-18)28-19-25-16(26-20(27-19)31(2)3)12-7-9-13(22)10-8-12/h4-10H,1-3H3,(H,24,32)(H,25,26,27,28,30). The van der Waals surface area contributed by atoms with E-state index < -0.39 is 5.91 Å². The van der Waals surface area contributed by atoms with Crippen LogP contribution in [-0.4, -0.2) is 45.2 Å². The molecule has 33 heavy (non-hydrogen) atoms. The third-order valence-corrected chi connectivity index (χ3v) is 4.99. The van der Waals surface area contributed by atoms with Crippen molar-refractivity contribution in [1.82, 2.24) is 25.1 Å². The fraction of sp³-hybridized carbons (Fsp3) is 0.143. The summed E-state index contributed by atoms with van der Waals surface area (Å²) >= 11 is 12.1. The fourth-order valence-corrected chi connectivity index (χ4v) is 3.16.